The van der Waals surface area contributed by atoms with Crippen molar-refractivity contribution in [1.29, 1.82) is 0 Å². The number of halogens is 8. The summed E-state index contributed by atoms with van der Waals surface area (Å²) in [4.78, 5) is 29.1. The third kappa shape index (κ3) is 11.1. The number of carbonyl (C=O) groups excluding carboxylic acids is 1. The van der Waals surface area contributed by atoms with Gasteiger partial charge in [-0.05, 0) is 161 Å². The summed E-state index contributed by atoms with van der Waals surface area (Å²) in [5.41, 5.74) is -3.06. The normalized spacial score (nSPS) is 25.9. The average Bonchev–Trinajstić information content (AvgIpc) is 3.90. The zero-order chi connectivity index (χ0) is 44.2. The van der Waals surface area contributed by atoms with Gasteiger partial charge in [0.15, 0.2) is 0 Å². The van der Waals surface area contributed by atoms with E-state index in [0.717, 1.165) is 63.8 Å². The monoisotopic (exact) mass is 867 g/mol. The highest BCUT2D eigenvalue weighted by Gasteiger charge is 2.48. The van der Waals surface area contributed by atoms with Crippen molar-refractivity contribution in [1.82, 2.24) is 15.1 Å². The van der Waals surface area contributed by atoms with Crippen LogP contribution in [0, 0.1) is 22.5 Å². The van der Waals surface area contributed by atoms with Crippen LogP contribution in [-0.2, 0) is 28.5 Å². The Balaban J connectivity index is 0.000000230. The van der Waals surface area contributed by atoms with Crippen LogP contribution in [0.2, 0.25) is 0 Å². The van der Waals surface area contributed by atoms with Gasteiger partial charge in [-0.3, -0.25) is 9.59 Å². The summed E-state index contributed by atoms with van der Waals surface area (Å²) in [5, 5.41) is 31.4. The summed E-state index contributed by atoms with van der Waals surface area (Å²) < 4.78 is 105. The number of carboxylic acids is 1. The number of nitrogens with one attached hydrogen (secondary N) is 1. The van der Waals surface area contributed by atoms with Gasteiger partial charge in [-0.2, -0.15) is 26.3 Å². The summed E-state index contributed by atoms with van der Waals surface area (Å²) in [6.45, 7) is 2.13. The molecule has 2 heterocycles. The van der Waals surface area contributed by atoms with E-state index in [1.54, 1.807) is 12.1 Å². The molecule has 0 spiro atoms. The van der Waals surface area contributed by atoms with E-state index in [1.165, 1.54) is 29.8 Å². The van der Waals surface area contributed by atoms with Crippen molar-refractivity contribution in [3.8, 4) is 0 Å². The molecular formula is C45H53F8N3O5. The van der Waals surface area contributed by atoms with Crippen molar-refractivity contribution < 1.29 is 60.0 Å². The molecule has 7 rings (SSSR count). The third-order valence-corrected chi connectivity index (χ3v) is 13.6. The Morgan fingerprint density at radius 3 is 1.38 bits per heavy atom. The molecule has 1 amide bonds. The average molecular weight is 868 g/mol. The smallest absolute Gasteiger partial charge is 0.416 e. The van der Waals surface area contributed by atoms with Gasteiger partial charge in [0.25, 0.3) is 0 Å². The largest absolute Gasteiger partial charge is 0.481 e. The molecule has 16 heteroatoms. The first-order valence-corrected chi connectivity index (χ1v) is 20.9. The summed E-state index contributed by atoms with van der Waals surface area (Å²) in [7, 11) is 0. The number of hydrogen-bond donors (Lipinski definition) is 4. The Hall–Kier alpha value is -4.12. The van der Waals surface area contributed by atoms with E-state index >= 15 is 0 Å². The highest BCUT2D eigenvalue weighted by Crippen LogP contribution is 2.44. The predicted octanol–water partition coefficient (Wildman–Crippen LogP) is 8.51. The topological polar surface area (TPSA) is 113 Å². The Kier molecular flexibility index (Phi) is 14.5. The lowest BCUT2D eigenvalue weighted by atomic mass is 9.85. The summed E-state index contributed by atoms with van der Waals surface area (Å²) >= 11 is 0. The molecule has 0 bridgehead atoms. The lowest BCUT2D eigenvalue weighted by Crippen LogP contribution is -2.45. The van der Waals surface area contributed by atoms with Crippen molar-refractivity contribution in [3.63, 3.8) is 0 Å². The van der Waals surface area contributed by atoms with E-state index in [4.69, 9.17) is 0 Å². The second-order valence-corrected chi connectivity index (χ2v) is 17.3. The molecule has 61 heavy (non-hydrogen) atoms. The van der Waals surface area contributed by atoms with E-state index in [2.05, 4.69) is 15.1 Å². The van der Waals surface area contributed by atoms with Crippen LogP contribution in [0.5, 0.6) is 0 Å². The molecule has 2 saturated carbocycles. The van der Waals surface area contributed by atoms with Crippen molar-refractivity contribution in [2.75, 3.05) is 39.4 Å². The molecule has 4 atom stereocenters. The second kappa shape index (κ2) is 19.1. The van der Waals surface area contributed by atoms with Gasteiger partial charge in [0.1, 0.15) is 11.6 Å². The Morgan fingerprint density at radius 2 is 1.02 bits per heavy atom. The van der Waals surface area contributed by atoms with Gasteiger partial charge in [0.2, 0.25) is 5.91 Å². The minimum absolute atomic E-state index is 0.0208. The predicted molar refractivity (Wildman–Crippen MR) is 210 cm³/mol. The highest BCUT2D eigenvalue weighted by atomic mass is 19.4. The number of benzene rings is 3. The number of aliphatic hydroxyl groups excluding tert-OH is 2. The van der Waals surface area contributed by atoms with Crippen molar-refractivity contribution in [2.45, 2.75) is 107 Å². The van der Waals surface area contributed by atoms with Crippen LogP contribution in [-0.4, -0.2) is 88.5 Å². The minimum atomic E-state index is -4.98. The number of carboxylic acid groups (broad SMARTS) is 1. The van der Waals surface area contributed by atoms with Gasteiger partial charge in [-0.15, -0.1) is 0 Å². The number of amides is 1. The number of aliphatic hydroxyl groups is 2. The molecule has 2 aliphatic heterocycles. The van der Waals surface area contributed by atoms with Crippen LogP contribution < -0.4 is 5.32 Å². The number of likely N-dealkylation sites (tertiary alicyclic amines) is 2. The standard InChI is InChI=1S/C27H29F7N2O2.C18H24FNO3/c28-22-3-1-18(2-4-22)19-6-9-36(10-7-19)23-5-8-25(14-23,16-37)24(38)35-15-17-11-20(26(29,30)31)13-21(12-17)27(32,33)34;19-15-3-1-13(2-4-15)14-6-9-20(10-7-14)16-5-8-18(11-16,12-21)17(22)23/h1-4,11-13,19,23,37H,5-10,14-16H2,(H,35,38);1-4,14,16,21H,5-12H2,(H,22,23). The summed E-state index contributed by atoms with van der Waals surface area (Å²) in [6.07, 6.45) is -2.93. The number of carbonyl (C=O) groups is 2. The van der Waals surface area contributed by atoms with E-state index in [1.807, 2.05) is 12.1 Å². The molecule has 4 aliphatic rings. The number of hydrogen-bond acceptors (Lipinski definition) is 6. The maximum atomic E-state index is 13.2. The lowest BCUT2D eigenvalue weighted by Gasteiger charge is -2.37. The summed E-state index contributed by atoms with van der Waals surface area (Å²) in [5.74, 6) is -1.20. The number of nitrogens with zero attached hydrogens (tertiary/aromatic N) is 2. The van der Waals surface area contributed by atoms with Gasteiger partial charge >= 0.3 is 18.3 Å². The van der Waals surface area contributed by atoms with E-state index < -0.39 is 59.3 Å². The Bertz CT molecular complexity index is 1910. The molecule has 3 aromatic rings. The molecule has 0 radical (unpaired) electrons. The second-order valence-electron chi connectivity index (χ2n) is 17.3. The molecule has 4 fully saturated rings. The fraction of sp³-hybridized carbons (Fsp3) is 0.556. The molecule has 3 aromatic carbocycles. The SMILES string of the molecule is O=C(NCc1cc(C(F)(F)F)cc(C(F)(F)F)c1)C1(CO)CCC(N2CCC(c3ccc(F)cc3)CC2)C1.O=C(O)C1(CO)CCC(N2CCC(c3ccc(F)cc3)CC2)C1. The van der Waals surface area contributed by atoms with Crippen LogP contribution in [0.4, 0.5) is 35.1 Å². The van der Waals surface area contributed by atoms with Crippen molar-refractivity contribution in [3.05, 3.63) is 106 Å². The fourth-order valence-corrected chi connectivity index (χ4v) is 9.80. The first-order chi connectivity index (χ1) is 28.8. The quantitative estimate of drug-likeness (QED) is 0.151. The number of alkyl halides is 6. The molecule has 2 saturated heterocycles. The first-order valence-electron chi connectivity index (χ1n) is 20.9. The van der Waals surface area contributed by atoms with E-state index in [-0.39, 0.29) is 42.0 Å². The van der Waals surface area contributed by atoms with Crippen molar-refractivity contribution >= 4 is 11.9 Å². The fourth-order valence-electron chi connectivity index (χ4n) is 9.80. The maximum absolute atomic E-state index is 13.2. The van der Waals surface area contributed by atoms with Gasteiger partial charge in [-0.25, -0.2) is 8.78 Å². The number of aliphatic carboxylic acids is 1. The minimum Gasteiger partial charge on any atom is -0.481 e. The van der Waals surface area contributed by atoms with Crippen LogP contribution in [0.15, 0.2) is 66.7 Å². The van der Waals surface area contributed by atoms with Gasteiger partial charge in [0, 0.05) is 18.6 Å². The lowest BCUT2D eigenvalue weighted by molar-refractivity contribution is -0.151. The van der Waals surface area contributed by atoms with Gasteiger partial charge < -0.3 is 30.4 Å². The molecule has 2 aliphatic carbocycles. The molecule has 0 aromatic heterocycles. The van der Waals surface area contributed by atoms with Crippen LogP contribution in [0.1, 0.15) is 104 Å². The Morgan fingerprint density at radius 1 is 0.623 bits per heavy atom. The van der Waals surface area contributed by atoms with Crippen LogP contribution in [0.3, 0.4) is 0 Å². The Labute approximate surface area is 349 Å². The van der Waals surface area contributed by atoms with E-state index in [0.29, 0.717) is 56.1 Å². The molecule has 4 N–H and O–H groups in total. The molecule has 334 valence electrons. The molecular weight excluding hydrogens is 814 g/mol. The summed E-state index contributed by atoms with van der Waals surface area (Å²) in [6, 6.07) is 14.7. The van der Waals surface area contributed by atoms with Gasteiger partial charge in [0.05, 0.1) is 35.2 Å². The third-order valence-electron chi connectivity index (χ3n) is 13.6. The maximum Gasteiger partial charge on any atom is 0.416 e. The molecule has 8 nitrogen and oxygen atoms in total. The van der Waals surface area contributed by atoms with Crippen LogP contribution >= 0.6 is 0 Å². The number of piperidine rings is 2. The van der Waals surface area contributed by atoms with Crippen LogP contribution in [0.25, 0.3) is 0 Å². The molecule has 4 unspecified atom stereocenters. The first kappa shape index (κ1) is 46.4. The highest BCUT2D eigenvalue weighted by molar-refractivity contribution is 5.83. The number of rotatable bonds is 10. The van der Waals surface area contributed by atoms with Gasteiger partial charge in [-0.1, -0.05) is 24.3 Å². The van der Waals surface area contributed by atoms with E-state index in [9.17, 15) is 60.0 Å². The zero-order valence-electron chi connectivity index (χ0n) is 33.8. The zero-order valence-corrected chi connectivity index (χ0v) is 33.8. The van der Waals surface area contributed by atoms with Crippen molar-refractivity contribution in [2.24, 2.45) is 10.8 Å².